The molecular weight excluding hydrogens is 220 g/mol. The standard InChI is InChI=1S/C13H16O4/c1-9(3-4-14)10-7-12-13(8-11(10)15-2)17-6-5-16-12/h4,7-9H,3,5-6H2,1-2H3. The third-order valence-corrected chi connectivity index (χ3v) is 2.88. The van der Waals surface area contributed by atoms with Gasteiger partial charge in [0.2, 0.25) is 0 Å². The largest absolute Gasteiger partial charge is 0.496 e. The topological polar surface area (TPSA) is 44.8 Å². The number of methoxy groups -OCH3 is 1. The van der Waals surface area contributed by atoms with Gasteiger partial charge in [-0.15, -0.1) is 0 Å². The van der Waals surface area contributed by atoms with E-state index in [1.165, 1.54) is 0 Å². The van der Waals surface area contributed by atoms with Crippen LogP contribution in [0.3, 0.4) is 0 Å². The monoisotopic (exact) mass is 236 g/mol. The maximum absolute atomic E-state index is 10.6. The molecule has 0 saturated carbocycles. The molecule has 4 heteroatoms. The SMILES string of the molecule is COc1cc2c(cc1C(C)CC=O)OCCO2. The highest BCUT2D eigenvalue weighted by Crippen LogP contribution is 2.40. The number of benzene rings is 1. The Morgan fingerprint density at radius 1 is 1.35 bits per heavy atom. The van der Waals surface area contributed by atoms with E-state index in [1.54, 1.807) is 7.11 Å². The second-order valence-electron chi connectivity index (χ2n) is 4.04. The first-order valence-electron chi connectivity index (χ1n) is 5.67. The molecular formula is C13H16O4. The quantitative estimate of drug-likeness (QED) is 0.751. The summed E-state index contributed by atoms with van der Waals surface area (Å²) in [6, 6.07) is 3.73. The number of hydrogen-bond donors (Lipinski definition) is 0. The number of rotatable bonds is 4. The fraction of sp³-hybridized carbons (Fsp3) is 0.462. The van der Waals surface area contributed by atoms with Crippen molar-refractivity contribution in [2.24, 2.45) is 0 Å². The van der Waals surface area contributed by atoms with Gasteiger partial charge in [0.25, 0.3) is 0 Å². The number of carbonyl (C=O) groups is 1. The first-order valence-corrected chi connectivity index (χ1v) is 5.67. The summed E-state index contributed by atoms with van der Waals surface area (Å²) >= 11 is 0. The van der Waals surface area contributed by atoms with Crippen LogP contribution in [-0.4, -0.2) is 26.6 Å². The smallest absolute Gasteiger partial charge is 0.165 e. The molecule has 0 aromatic heterocycles. The molecule has 17 heavy (non-hydrogen) atoms. The fourth-order valence-corrected chi connectivity index (χ4v) is 1.92. The van der Waals surface area contributed by atoms with Crippen molar-refractivity contribution in [3.8, 4) is 17.2 Å². The lowest BCUT2D eigenvalue weighted by Crippen LogP contribution is -2.16. The minimum Gasteiger partial charge on any atom is -0.496 e. The Hall–Kier alpha value is -1.71. The van der Waals surface area contributed by atoms with Crippen LogP contribution in [0.1, 0.15) is 24.8 Å². The Labute approximate surface area is 100 Å². The van der Waals surface area contributed by atoms with Gasteiger partial charge >= 0.3 is 0 Å². The lowest BCUT2D eigenvalue weighted by Gasteiger charge is -2.22. The molecule has 1 aliphatic rings. The van der Waals surface area contributed by atoms with E-state index in [1.807, 2.05) is 19.1 Å². The van der Waals surface area contributed by atoms with E-state index in [-0.39, 0.29) is 5.92 Å². The molecule has 0 aliphatic carbocycles. The van der Waals surface area contributed by atoms with Crippen LogP contribution >= 0.6 is 0 Å². The molecule has 0 radical (unpaired) electrons. The highest BCUT2D eigenvalue weighted by Gasteiger charge is 2.19. The number of fused-ring (bicyclic) bond motifs is 1. The van der Waals surface area contributed by atoms with Gasteiger partial charge in [-0.25, -0.2) is 0 Å². The van der Waals surface area contributed by atoms with Gasteiger partial charge in [-0.05, 0) is 12.0 Å². The molecule has 0 amide bonds. The minimum absolute atomic E-state index is 0.110. The second-order valence-corrected chi connectivity index (χ2v) is 4.04. The van der Waals surface area contributed by atoms with E-state index >= 15 is 0 Å². The summed E-state index contributed by atoms with van der Waals surface area (Å²) in [5.74, 6) is 2.28. The van der Waals surface area contributed by atoms with Gasteiger partial charge in [0.15, 0.2) is 11.5 Å². The molecule has 4 nitrogen and oxygen atoms in total. The molecule has 1 aliphatic heterocycles. The van der Waals surface area contributed by atoms with Crippen molar-refractivity contribution in [1.29, 1.82) is 0 Å². The Kier molecular flexibility index (Phi) is 3.52. The van der Waals surface area contributed by atoms with Crippen molar-refractivity contribution < 1.29 is 19.0 Å². The predicted molar refractivity (Wildman–Crippen MR) is 63.1 cm³/mol. The van der Waals surface area contributed by atoms with Crippen LogP contribution < -0.4 is 14.2 Å². The summed E-state index contributed by atoms with van der Waals surface area (Å²) in [5, 5.41) is 0. The molecule has 1 atom stereocenters. The molecule has 0 bridgehead atoms. The summed E-state index contributed by atoms with van der Waals surface area (Å²) in [7, 11) is 1.61. The average Bonchev–Trinajstić information content (AvgIpc) is 2.37. The second kappa shape index (κ2) is 5.08. The highest BCUT2D eigenvalue weighted by molar-refractivity contribution is 5.56. The van der Waals surface area contributed by atoms with Gasteiger partial charge in [-0.3, -0.25) is 0 Å². The molecule has 1 heterocycles. The van der Waals surface area contributed by atoms with Crippen LogP contribution in [-0.2, 0) is 4.79 Å². The molecule has 0 spiro atoms. The lowest BCUT2D eigenvalue weighted by atomic mass is 9.97. The molecule has 0 saturated heterocycles. The van der Waals surface area contributed by atoms with E-state index in [9.17, 15) is 4.79 Å². The molecule has 1 aromatic carbocycles. The zero-order chi connectivity index (χ0) is 12.3. The van der Waals surface area contributed by atoms with Crippen molar-refractivity contribution in [3.63, 3.8) is 0 Å². The van der Waals surface area contributed by atoms with Gasteiger partial charge in [-0.2, -0.15) is 0 Å². The number of hydrogen-bond acceptors (Lipinski definition) is 4. The zero-order valence-corrected chi connectivity index (χ0v) is 10.1. The molecule has 0 fully saturated rings. The summed E-state index contributed by atoms with van der Waals surface area (Å²) in [6.07, 6.45) is 1.39. The van der Waals surface area contributed by atoms with Gasteiger partial charge in [0.1, 0.15) is 25.2 Å². The van der Waals surface area contributed by atoms with Gasteiger partial charge in [0, 0.05) is 18.1 Å². The van der Waals surface area contributed by atoms with Crippen molar-refractivity contribution in [2.75, 3.05) is 20.3 Å². The Morgan fingerprint density at radius 3 is 2.59 bits per heavy atom. The van der Waals surface area contributed by atoms with E-state index in [4.69, 9.17) is 14.2 Å². The van der Waals surface area contributed by atoms with Crippen LogP contribution in [0.5, 0.6) is 17.2 Å². The minimum atomic E-state index is 0.110. The van der Waals surface area contributed by atoms with E-state index in [0.717, 1.165) is 23.3 Å². The first kappa shape index (κ1) is 11.8. The van der Waals surface area contributed by atoms with E-state index in [2.05, 4.69) is 0 Å². The van der Waals surface area contributed by atoms with Gasteiger partial charge in [0.05, 0.1) is 7.11 Å². The molecule has 2 rings (SSSR count). The highest BCUT2D eigenvalue weighted by atomic mass is 16.6. The Morgan fingerprint density at radius 2 is 2.00 bits per heavy atom. The zero-order valence-electron chi connectivity index (χ0n) is 10.1. The van der Waals surface area contributed by atoms with E-state index < -0.39 is 0 Å². The third kappa shape index (κ3) is 2.35. The van der Waals surface area contributed by atoms with Crippen LogP contribution in [0.2, 0.25) is 0 Å². The number of carbonyl (C=O) groups excluding carboxylic acids is 1. The maximum Gasteiger partial charge on any atom is 0.165 e. The van der Waals surface area contributed by atoms with Crippen molar-refractivity contribution >= 4 is 6.29 Å². The predicted octanol–water partition coefficient (Wildman–Crippen LogP) is 2.16. The van der Waals surface area contributed by atoms with Gasteiger partial charge in [-0.1, -0.05) is 6.92 Å². The summed E-state index contributed by atoms with van der Waals surface area (Å²) in [6.45, 7) is 3.10. The fourth-order valence-electron chi connectivity index (χ4n) is 1.92. The molecule has 92 valence electrons. The number of ether oxygens (including phenoxy) is 3. The third-order valence-electron chi connectivity index (χ3n) is 2.88. The van der Waals surface area contributed by atoms with E-state index in [0.29, 0.717) is 25.4 Å². The van der Waals surface area contributed by atoms with Crippen LogP contribution in [0.4, 0.5) is 0 Å². The lowest BCUT2D eigenvalue weighted by molar-refractivity contribution is -0.108. The van der Waals surface area contributed by atoms with Crippen molar-refractivity contribution in [3.05, 3.63) is 17.7 Å². The van der Waals surface area contributed by atoms with Crippen molar-refractivity contribution in [1.82, 2.24) is 0 Å². The normalized spacial score (nSPS) is 15.2. The van der Waals surface area contributed by atoms with Crippen LogP contribution in [0.15, 0.2) is 12.1 Å². The molecule has 1 aromatic rings. The Balaban J connectivity index is 2.39. The average molecular weight is 236 g/mol. The summed E-state index contributed by atoms with van der Waals surface area (Å²) in [4.78, 5) is 10.6. The van der Waals surface area contributed by atoms with Crippen molar-refractivity contribution in [2.45, 2.75) is 19.3 Å². The number of aldehydes is 1. The van der Waals surface area contributed by atoms with Crippen LogP contribution in [0, 0.1) is 0 Å². The summed E-state index contributed by atoms with van der Waals surface area (Å²) < 4.78 is 16.3. The molecule has 0 N–H and O–H groups in total. The maximum atomic E-state index is 10.6. The Bertz CT molecular complexity index is 414. The molecule has 1 unspecified atom stereocenters. The summed E-state index contributed by atoms with van der Waals surface area (Å²) in [5.41, 5.74) is 0.976. The van der Waals surface area contributed by atoms with Gasteiger partial charge < -0.3 is 19.0 Å². The van der Waals surface area contributed by atoms with Crippen LogP contribution in [0.25, 0.3) is 0 Å². The first-order chi connectivity index (χ1) is 8.26.